The summed E-state index contributed by atoms with van der Waals surface area (Å²) in [5.41, 5.74) is 0.999. The third-order valence-corrected chi connectivity index (χ3v) is 6.33. The Balaban J connectivity index is 2.05. The van der Waals surface area contributed by atoms with Gasteiger partial charge in [-0.15, -0.1) is 0 Å². The molecule has 1 saturated carbocycles. The largest absolute Gasteiger partial charge is 0.478 e. The first-order valence-corrected chi connectivity index (χ1v) is 8.69. The zero-order valence-corrected chi connectivity index (χ0v) is 13.0. The molecular formula is C15H21NO4S. The summed E-state index contributed by atoms with van der Waals surface area (Å²) in [6.45, 7) is 0.277. The van der Waals surface area contributed by atoms with Gasteiger partial charge in [0.25, 0.3) is 0 Å². The number of carboxylic acid groups (broad SMARTS) is 1. The van der Waals surface area contributed by atoms with Gasteiger partial charge >= 0.3 is 5.97 Å². The number of carboxylic acids is 1. The lowest BCUT2D eigenvalue weighted by molar-refractivity contribution is 0.0697. The van der Waals surface area contributed by atoms with Crippen LogP contribution in [0.15, 0.2) is 24.3 Å². The maximum atomic E-state index is 12.5. The maximum absolute atomic E-state index is 12.5. The van der Waals surface area contributed by atoms with E-state index in [4.69, 9.17) is 5.11 Å². The van der Waals surface area contributed by atoms with E-state index in [1.165, 1.54) is 16.4 Å². The standard InChI is InChI=1S/C15H21NO4S/c1-16(21(19,20)14-5-3-2-4-6-14)11-12-7-9-13(10-8-12)15(17)18/h7-10,14H,2-6,11H2,1H3,(H,17,18). The van der Waals surface area contributed by atoms with Crippen LogP contribution in [-0.4, -0.2) is 36.1 Å². The molecule has 1 aliphatic rings. The normalized spacial score (nSPS) is 17.0. The van der Waals surface area contributed by atoms with Gasteiger partial charge in [-0.3, -0.25) is 0 Å². The van der Waals surface area contributed by atoms with E-state index < -0.39 is 16.0 Å². The minimum Gasteiger partial charge on any atom is -0.478 e. The van der Waals surface area contributed by atoms with Crippen molar-refractivity contribution in [2.45, 2.75) is 43.9 Å². The molecule has 2 rings (SSSR count). The second kappa shape index (κ2) is 6.58. The summed E-state index contributed by atoms with van der Waals surface area (Å²) in [5, 5.41) is 8.58. The Morgan fingerprint density at radius 2 is 1.76 bits per heavy atom. The zero-order chi connectivity index (χ0) is 15.5. The van der Waals surface area contributed by atoms with Crippen molar-refractivity contribution in [3.63, 3.8) is 0 Å². The van der Waals surface area contributed by atoms with Gasteiger partial charge < -0.3 is 5.11 Å². The molecule has 0 atom stereocenters. The molecule has 0 radical (unpaired) electrons. The van der Waals surface area contributed by atoms with Crippen LogP contribution in [0.1, 0.15) is 48.0 Å². The molecule has 0 unspecified atom stereocenters. The number of benzene rings is 1. The van der Waals surface area contributed by atoms with Crippen molar-refractivity contribution in [1.82, 2.24) is 4.31 Å². The summed E-state index contributed by atoms with van der Waals surface area (Å²) in [5.74, 6) is -0.982. The van der Waals surface area contributed by atoms with Crippen LogP contribution in [0.2, 0.25) is 0 Å². The first-order chi connectivity index (χ1) is 9.91. The number of sulfonamides is 1. The van der Waals surface area contributed by atoms with Gasteiger partial charge in [0.05, 0.1) is 10.8 Å². The van der Waals surface area contributed by atoms with Gasteiger partial charge in [-0.1, -0.05) is 31.4 Å². The van der Waals surface area contributed by atoms with E-state index in [0.717, 1.165) is 37.7 Å². The summed E-state index contributed by atoms with van der Waals surface area (Å²) in [7, 11) is -1.68. The predicted octanol–water partition coefficient (Wildman–Crippen LogP) is 2.48. The molecule has 0 saturated heterocycles. The molecule has 1 N–H and O–H groups in total. The smallest absolute Gasteiger partial charge is 0.335 e. The Morgan fingerprint density at radius 3 is 2.29 bits per heavy atom. The van der Waals surface area contributed by atoms with Crippen LogP contribution in [0.25, 0.3) is 0 Å². The number of nitrogens with zero attached hydrogens (tertiary/aromatic N) is 1. The van der Waals surface area contributed by atoms with E-state index in [9.17, 15) is 13.2 Å². The van der Waals surface area contributed by atoms with Crippen LogP contribution < -0.4 is 0 Å². The van der Waals surface area contributed by atoms with Crippen molar-refractivity contribution < 1.29 is 18.3 Å². The monoisotopic (exact) mass is 311 g/mol. The minimum atomic E-state index is -3.27. The Hall–Kier alpha value is -1.40. The lowest BCUT2D eigenvalue weighted by atomic mass is 10.0. The van der Waals surface area contributed by atoms with Crippen molar-refractivity contribution in [2.75, 3.05) is 7.05 Å². The van der Waals surface area contributed by atoms with Gasteiger partial charge in [-0.2, -0.15) is 0 Å². The van der Waals surface area contributed by atoms with Crippen LogP contribution in [-0.2, 0) is 16.6 Å². The molecule has 0 bridgehead atoms. The van der Waals surface area contributed by atoms with Crippen molar-refractivity contribution in [3.8, 4) is 0 Å². The fourth-order valence-corrected chi connectivity index (χ4v) is 4.48. The lowest BCUT2D eigenvalue weighted by Crippen LogP contribution is -2.36. The average Bonchev–Trinajstić information content (AvgIpc) is 2.48. The van der Waals surface area contributed by atoms with E-state index in [-0.39, 0.29) is 17.4 Å². The van der Waals surface area contributed by atoms with Crippen molar-refractivity contribution in [3.05, 3.63) is 35.4 Å². The van der Waals surface area contributed by atoms with Crippen molar-refractivity contribution in [1.29, 1.82) is 0 Å². The van der Waals surface area contributed by atoms with Crippen LogP contribution in [0.4, 0.5) is 0 Å². The van der Waals surface area contributed by atoms with Gasteiger partial charge in [-0.05, 0) is 30.5 Å². The number of hydrogen-bond acceptors (Lipinski definition) is 3. The highest BCUT2D eigenvalue weighted by molar-refractivity contribution is 7.89. The molecule has 21 heavy (non-hydrogen) atoms. The third-order valence-electron chi connectivity index (χ3n) is 4.01. The SMILES string of the molecule is CN(Cc1ccc(C(=O)O)cc1)S(=O)(=O)C1CCCCC1. The topological polar surface area (TPSA) is 74.7 Å². The Kier molecular flexibility index (Phi) is 5.00. The summed E-state index contributed by atoms with van der Waals surface area (Å²) in [6, 6.07) is 6.32. The first-order valence-electron chi connectivity index (χ1n) is 7.18. The fourth-order valence-electron chi connectivity index (χ4n) is 2.72. The molecule has 1 aromatic rings. The molecule has 1 aliphatic carbocycles. The maximum Gasteiger partial charge on any atom is 0.335 e. The molecule has 0 aliphatic heterocycles. The van der Waals surface area contributed by atoms with E-state index in [1.807, 2.05) is 0 Å². The minimum absolute atomic E-state index is 0.205. The summed E-state index contributed by atoms with van der Waals surface area (Å²) in [6.07, 6.45) is 4.55. The van der Waals surface area contributed by atoms with Crippen LogP contribution >= 0.6 is 0 Å². The Morgan fingerprint density at radius 1 is 1.19 bits per heavy atom. The van der Waals surface area contributed by atoms with E-state index in [0.29, 0.717) is 0 Å². The average molecular weight is 311 g/mol. The van der Waals surface area contributed by atoms with E-state index in [1.54, 1.807) is 19.2 Å². The molecule has 0 amide bonds. The number of aromatic carboxylic acids is 1. The molecular weight excluding hydrogens is 290 g/mol. The molecule has 0 heterocycles. The Bertz CT molecular complexity index is 589. The van der Waals surface area contributed by atoms with Crippen LogP contribution in [0.3, 0.4) is 0 Å². The van der Waals surface area contributed by atoms with Crippen LogP contribution in [0, 0.1) is 0 Å². The third kappa shape index (κ3) is 3.83. The summed E-state index contributed by atoms with van der Waals surface area (Å²) in [4.78, 5) is 10.8. The Labute approximate surface area is 125 Å². The van der Waals surface area contributed by atoms with Crippen LogP contribution in [0.5, 0.6) is 0 Å². The highest BCUT2D eigenvalue weighted by atomic mass is 32.2. The van der Waals surface area contributed by atoms with Gasteiger partial charge in [0, 0.05) is 13.6 Å². The molecule has 1 aromatic carbocycles. The quantitative estimate of drug-likeness (QED) is 0.906. The zero-order valence-electron chi connectivity index (χ0n) is 12.2. The first kappa shape index (κ1) is 16.0. The second-order valence-corrected chi connectivity index (χ2v) is 7.88. The molecule has 0 spiro atoms. The number of carbonyl (C=O) groups is 1. The molecule has 1 fully saturated rings. The summed E-state index contributed by atoms with van der Waals surface area (Å²) < 4.78 is 26.4. The number of rotatable bonds is 5. The molecule has 6 heteroatoms. The second-order valence-electron chi connectivity index (χ2n) is 5.56. The van der Waals surface area contributed by atoms with E-state index >= 15 is 0 Å². The van der Waals surface area contributed by atoms with Gasteiger partial charge in [-0.25, -0.2) is 17.5 Å². The summed E-state index contributed by atoms with van der Waals surface area (Å²) >= 11 is 0. The van der Waals surface area contributed by atoms with Crippen molar-refractivity contribution >= 4 is 16.0 Å². The molecule has 0 aromatic heterocycles. The molecule has 5 nitrogen and oxygen atoms in total. The highest BCUT2D eigenvalue weighted by Gasteiger charge is 2.30. The fraction of sp³-hybridized carbons (Fsp3) is 0.533. The predicted molar refractivity (Wildman–Crippen MR) is 80.7 cm³/mol. The van der Waals surface area contributed by atoms with Gasteiger partial charge in [0.2, 0.25) is 10.0 Å². The molecule has 116 valence electrons. The van der Waals surface area contributed by atoms with Gasteiger partial charge in [0.1, 0.15) is 0 Å². The van der Waals surface area contributed by atoms with E-state index in [2.05, 4.69) is 0 Å². The highest BCUT2D eigenvalue weighted by Crippen LogP contribution is 2.26. The van der Waals surface area contributed by atoms with Gasteiger partial charge in [0.15, 0.2) is 0 Å². The lowest BCUT2D eigenvalue weighted by Gasteiger charge is -2.27. The number of hydrogen-bond donors (Lipinski definition) is 1. The van der Waals surface area contributed by atoms with Crippen molar-refractivity contribution in [2.24, 2.45) is 0 Å².